The molecule has 9 nitrogen and oxygen atoms in total. The molecule has 1 amide bonds. The number of carbonyl (C=O) groups excluding carboxylic acids is 1. The minimum atomic E-state index is -1.13. The molecule has 2 aromatic rings. The van der Waals surface area contributed by atoms with E-state index in [0.29, 0.717) is 30.3 Å². The summed E-state index contributed by atoms with van der Waals surface area (Å²) < 4.78 is 10.4. The van der Waals surface area contributed by atoms with E-state index in [0.717, 1.165) is 0 Å². The number of carbonyl (C=O) groups is 2. The summed E-state index contributed by atoms with van der Waals surface area (Å²) in [4.78, 5) is 23.7. The van der Waals surface area contributed by atoms with Crippen molar-refractivity contribution in [2.24, 2.45) is 0 Å². The summed E-state index contributed by atoms with van der Waals surface area (Å²) in [6, 6.07) is 7.02. The molecule has 1 aromatic carbocycles. The molecule has 0 aliphatic rings. The van der Waals surface area contributed by atoms with Crippen molar-refractivity contribution in [3.63, 3.8) is 0 Å². The fourth-order valence-electron chi connectivity index (χ4n) is 1.86. The topological polar surface area (TPSA) is 116 Å². The number of carboxylic acids is 1. The second-order valence-electron chi connectivity index (χ2n) is 4.84. The number of nitrogens with zero attached hydrogens (tertiary/aromatic N) is 3. The van der Waals surface area contributed by atoms with Crippen LogP contribution in [0.3, 0.4) is 0 Å². The molecule has 0 unspecified atom stereocenters. The number of carboxylic acid groups (broad SMARTS) is 1. The number of amides is 1. The molecule has 1 aromatic heterocycles. The summed E-state index contributed by atoms with van der Waals surface area (Å²) in [6.07, 6.45) is 0. The Morgan fingerprint density at radius 2 is 1.92 bits per heavy atom. The summed E-state index contributed by atoms with van der Waals surface area (Å²) in [6.45, 7) is 2.10. The summed E-state index contributed by atoms with van der Waals surface area (Å²) in [5.41, 5.74) is 1.13. The molecule has 0 fully saturated rings. The number of benzene rings is 1. The fourth-order valence-corrected chi connectivity index (χ4v) is 1.86. The lowest BCUT2D eigenvalue weighted by Crippen LogP contribution is -2.30. The molecule has 1 heterocycles. The van der Waals surface area contributed by atoms with E-state index in [4.69, 9.17) is 14.6 Å². The first-order chi connectivity index (χ1) is 11.5. The lowest BCUT2D eigenvalue weighted by atomic mass is 10.3. The highest BCUT2D eigenvalue weighted by molar-refractivity contribution is 5.94. The maximum atomic E-state index is 11.9. The van der Waals surface area contributed by atoms with Crippen molar-refractivity contribution in [1.82, 2.24) is 20.3 Å². The van der Waals surface area contributed by atoms with E-state index in [-0.39, 0.29) is 5.69 Å². The van der Waals surface area contributed by atoms with Gasteiger partial charge in [-0.15, -0.1) is 5.10 Å². The smallest absolute Gasteiger partial charge is 0.322 e. The summed E-state index contributed by atoms with van der Waals surface area (Å²) in [5.74, 6) is -1.03. The molecule has 0 aliphatic carbocycles. The first kappa shape index (κ1) is 17.4. The van der Waals surface area contributed by atoms with Gasteiger partial charge in [0.15, 0.2) is 5.69 Å². The number of ether oxygens (including phenoxy) is 2. The van der Waals surface area contributed by atoms with E-state index >= 15 is 0 Å². The molecule has 0 spiro atoms. The van der Waals surface area contributed by atoms with Crippen LogP contribution in [0.5, 0.6) is 5.75 Å². The van der Waals surface area contributed by atoms with Gasteiger partial charge in [0.25, 0.3) is 5.91 Å². The third kappa shape index (κ3) is 4.53. The Balaban J connectivity index is 2.08. The Morgan fingerprint density at radius 3 is 2.54 bits per heavy atom. The molecule has 0 saturated carbocycles. The van der Waals surface area contributed by atoms with E-state index in [9.17, 15) is 9.59 Å². The van der Waals surface area contributed by atoms with Crippen LogP contribution in [0.1, 0.15) is 16.2 Å². The second kappa shape index (κ2) is 8.06. The Hall–Kier alpha value is -2.94. The molecular weight excluding hydrogens is 316 g/mol. The molecule has 9 heteroatoms. The van der Waals surface area contributed by atoms with Crippen molar-refractivity contribution < 1.29 is 24.2 Å². The van der Waals surface area contributed by atoms with Crippen LogP contribution in [0, 0.1) is 6.92 Å². The minimum absolute atomic E-state index is 0.0803. The third-order valence-electron chi connectivity index (χ3n) is 3.02. The molecule has 24 heavy (non-hydrogen) atoms. The predicted octanol–water partition coefficient (Wildman–Crippen LogP) is 0.415. The van der Waals surface area contributed by atoms with Crippen LogP contribution in [-0.2, 0) is 9.53 Å². The number of hydrogen-bond acceptors (Lipinski definition) is 6. The van der Waals surface area contributed by atoms with Crippen LogP contribution in [0.2, 0.25) is 0 Å². The molecule has 0 atom stereocenters. The molecule has 0 aliphatic heterocycles. The van der Waals surface area contributed by atoms with E-state index in [1.54, 1.807) is 38.3 Å². The quantitative estimate of drug-likeness (QED) is 0.672. The van der Waals surface area contributed by atoms with Crippen molar-refractivity contribution >= 4 is 11.9 Å². The van der Waals surface area contributed by atoms with Crippen LogP contribution in [0.4, 0.5) is 0 Å². The zero-order valence-electron chi connectivity index (χ0n) is 13.4. The van der Waals surface area contributed by atoms with Crippen molar-refractivity contribution in [1.29, 1.82) is 0 Å². The van der Waals surface area contributed by atoms with Crippen molar-refractivity contribution in [2.75, 3.05) is 26.9 Å². The Labute approximate surface area is 138 Å². The summed E-state index contributed by atoms with van der Waals surface area (Å²) in [5, 5.41) is 19.1. The van der Waals surface area contributed by atoms with E-state index in [2.05, 4.69) is 15.5 Å². The zero-order chi connectivity index (χ0) is 17.5. The average molecular weight is 334 g/mol. The molecular formula is C15H18N4O5. The average Bonchev–Trinajstić information content (AvgIpc) is 2.95. The highest BCUT2D eigenvalue weighted by atomic mass is 16.5. The summed E-state index contributed by atoms with van der Waals surface area (Å²) in [7, 11) is 1.60. The van der Waals surface area contributed by atoms with Gasteiger partial charge in [-0.2, -0.15) is 9.90 Å². The second-order valence-corrected chi connectivity index (χ2v) is 4.84. The third-order valence-corrected chi connectivity index (χ3v) is 3.02. The van der Waals surface area contributed by atoms with Gasteiger partial charge in [0, 0.05) is 7.11 Å². The van der Waals surface area contributed by atoms with Crippen molar-refractivity contribution in [2.45, 2.75) is 6.92 Å². The maximum Gasteiger partial charge on any atom is 0.322 e. The van der Waals surface area contributed by atoms with Gasteiger partial charge in [-0.1, -0.05) is 0 Å². The molecule has 2 N–H and O–H groups in total. The van der Waals surface area contributed by atoms with Gasteiger partial charge in [0.05, 0.1) is 18.0 Å². The maximum absolute atomic E-state index is 11.9. The number of nitrogens with one attached hydrogen (secondary N) is 1. The van der Waals surface area contributed by atoms with E-state index < -0.39 is 18.4 Å². The van der Waals surface area contributed by atoms with Gasteiger partial charge in [-0.3, -0.25) is 9.59 Å². The Kier molecular flexibility index (Phi) is 5.85. The monoisotopic (exact) mass is 334 g/mol. The fraction of sp³-hybridized carbons (Fsp3) is 0.333. The van der Waals surface area contributed by atoms with Crippen molar-refractivity contribution in [3.05, 3.63) is 35.7 Å². The number of aryl methyl sites for hydroxylation is 1. The number of rotatable bonds is 8. The van der Waals surface area contributed by atoms with Gasteiger partial charge < -0.3 is 19.9 Å². The highest BCUT2D eigenvalue weighted by Gasteiger charge is 2.16. The zero-order valence-corrected chi connectivity index (χ0v) is 13.4. The minimum Gasteiger partial charge on any atom is -0.491 e. The van der Waals surface area contributed by atoms with E-state index in [1.807, 2.05) is 0 Å². The lowest BCUT2D eigenvalue weighted by Gasteiger charge is -2.06. The molecule has 0 radical (unpaired) electrons. The largest absolute Gasteiger partial charge is 0.491 e. The lowest BCUT2D eigenvalue weighted by molar-refractivity contribution is -0.135. The predicted molar refractivity (Wildman–Crippen MR) is 83.4 cm³/mol. The van der Waals surface area contributed by atoms with Crippen LogP contribution >= 0.6 is 0 Å². The standard InChI is InChI=1S/C15H18N4O5/c1-10-14(15(22)16-9-13(20)21)18-19(17-10)11-3-5-12(6-4-11)24-8-7-23-2/h3-6H,7-9H2,1-2H3,(H,16,22)(H,20,21). The number of methoxy groups -OCH3 is 1. The number of hydrogen-bond donors (Lipinski definition) is 2. The molecule has 128 valence electrons. The van der Waals surface area contributed by atoms with Crippen LogP contribution in [-0.4, -0.2) is 58.8 Å². The van der Waals surface area contributed by atoms with Gasteiger partial charge in [-0.25, -0.2) is 0 Å². The van der Waals surface area contributed by atoms with Crippen molar-refractivity contribution in [3.8, 4) is 11.4 Å². The first-order valence-corrected chi connectivity index (χ1v) is 7.17. The van der Waals surface area contributed by atoms with Gasteiger partial charge >= 0.3 is 5.97 Å². The Bertz CT molecular complexity index is 711. The Morgan fingerprint density at radius 1 is 1.21 bits per heavy atom. The number of aromatic nitrogens is 3. The van der Waals surface area contributed by atoms with E-state index in [1.165, 1.54) is 4.80 Å². The number of aliphatic carboxylic acids is 1. The normalized spacial score (nSPS) is 10.4. The van der Waals surface area contributed by atoms with Gasteiger partial charge in [-0.05, 0) is 31.2 Å². The molecule has 2 rings (SSSR count). The van der Waals surface area contributed by atoms with Crippen LogP contribution in [0.15, 0.2) is 24.3 Å². The van der Waals surface area contributed by atoms with Gasteiger partial charge in [0.2, 0.25) is 0 Å². The van der Waals surface area contributed by atoms with Crippen LogP contribution in [0.25, 0.3) is 5.69 Å². The van der Waals surface area contributed by atoms with Crippen LogP contribution < -0.4 is 10.1 Å². The highest BCUT2D eigenvalue weighted by Crippen LogP contribution is 2.15. The molecule has 0 bridgehead atoms. The van der Waals surface area contributed by atoms with Gasteiger partial charge in [0.1, 0.15) is 18.9 Å². The first-order valence-electron chi connectivity index (χ1n) is 7.17. The molecule has 0 saturated heterocycles. The SMILES string of the molecule is COCCOc1ccc(-n2nc(C)c(C(=O)NCC(=O)O)n2)cc1. The summed E-state index contributed by atoms with van der Waals surface area (Å²) >= 11 is 0.